The van der Waals surface area contributed by atoms with Crippen LogP contribution in [0.2, 0.25) is 0 Å². The highest BCUT2D eigenvalue weighted by atomic mass is 32.2. The zero-order valence-electron chi connectivity index (χ0n) is 10.8. The van der Waals surface area contributed by atoms with Crippen LogP contribution in [-0.4, -0.2) is 31.1 Å². The molecule has 0 radical (unpaired) electrons. The maximum Gasteiger partial charge on any atom is 0.0639 e. The lowest BCUT2D eigenvalue weighted by Gasteiger charge is -2.26. The Hall–Kier alpha value is -0.510. The molecule has 1 N–H and O–H groups in total. The van der Waals surface area contributed by atoms with Crippen LogP contribution in [0.4, 0.5) is 0 Å². The lowest BCUT2D eigenvalue weighted by molar-refractivity contribution is 0.129. The molecule has 0 amide bonds. The summed E-state index contributed by atoms with van der Waals surface area (Å²) in [5.74, 6) is 0. The summed E-state index contributed by atoms with van der Waals surface area (Å²) in [7, 11) is 1.75. The number of fused-ring (bicyclic) bond motifs is 1. The largest absolute Gasteiger partial charge is 0.383 e. The van der Waals surface area contributed by atoms with E-state index >= 15 is 0 Å². The number of benzene rings is 1. The lowest BCUT2D eigenvalue weighted by Crippen LogP contribution is -2.46. The molecule has 0 saturated carbocycles. The van der Waals surface area contributed by atoms with E-state index in [4.69, 9.17) is 4.74 Å². The highest BCUT2D eigenvalue weighted by molar-refractivity contribution is 8.00. The number of ether oxygens (including phenoxy) is 1. The minimum absolute atomic E-state index is 0.0596. The van der Waals surface area contributed by atoms with Crippen LogP contribution < -0.4 is 5.32 Å². The average Bonchev–Trinajstić information content (AvgIpc) is 2.69. The van der Waals surface area contributed by atoms with Gasteiger partial charge in [-0.05, 0) is 31.9 Å². The summed E-state index contributed by atoms with van der Waals surface area (Å²) in [5.41, 5.74) is 1.55. The van der Waals surface area contributed by atoms with Gasteiger partial charge in [0.15, 0.2) is 0 Å². The maximum atomic E-state index is 5.21. The van der Waals surface area contributed by atoms with Crippen molar-refractivity contribution < 1.29 is 4.74 Å². The molecule has 94 valence electrons. The van der Waals surface area contributed by atoms with Crippen molar-refractivity contribution in [1.82, 2.24) is 5.32 Å². The van der Waals surface area contributed by atoms with Crippen LogP contribution in [0.15, 0.2) is 29.2 Å². The molecule has 3 heteroatoms. The first kappa shape index (κ1) is 12.9. The smallest absolute Gasteiger partial charge is 0.0639 e. The second-order valence-electron chi connectivity index (χ2n) is 5.25. The fraction of sp³-hybridized carbons (Fsp3) is 0.571. The molecule has 1 aliphatic rings. The molecule has 2 rings (SSSR count). The van der Waals surface area contributed by atoms with Crippen molar-refractivity contribution in [2.45, 2.75) is 36.0 Å². The SMILES string of the molecule is COCC(C)(C)NCC1Cc2ccccc2S1. The predicted octanol–water partition coefficient (Wildman–Crippen LogP) is 2.72. The molecular weight excluding hydrogens is 230 g/mol. The van der Waals surface area contributed by atoms with E-state index in [0.717, 1.165) is 13.2 Å². The molecule has 0 fully saturated rings. The normalized spacial score (nSPS) is 19.4. The fourth-order valence-electron chi connectivity index (χ4n) is 2.17. The first-order valence-corrected chi connectivity index (χ1v) is 6.97. The zero-order valence-corrected chi connectivity index (χ0v) is 11.6. The topological polar surface area (TPSA) is 21.3 Å². The van der Waals surface area contributed by atoms with Crippen molar-refractivity contribution in [2.75, 3.05) is 20.3 Å². The third-order valence-electron chi connectivity index (χ3n) is 3.03. The van der Waals surface area contributed by atoms with Gasteiger partial charge in [0.1, 0.15) is 0 Å². The summed E-state index contributed by atoms with van der Waals surface area (Å²) in [6.45, 7) is 6.15. The lowest BCUT2D eigenvalue weighted by atomic mass is 10.1. The van der Waals surface area contributed by atoms with Crippen LogP contribution in [0.3, 0.4) is 0 Å². The number of methoxy groups -OCH3 is 1. The van der Waals surface area contributed by atoms with E-state index in [-0.39, 0.29) is 5.54 Å². The number of nitrogens with one attached hydrogen (secondary N) is 1. The Balaban J connectivity index is 1.84. The van der Waals surface area contributed by atoms with Crippen LogP contribution >= 0.6 is 11.8 Å². The van der Waals surface area contributed by atoms with E-state index in [2.05, 4.69) is 43.4 Å². The molecule has 2 nitrogen and oxygen atoms in total. The van der Waals surface area contributed by atoms with Gasteiger partial charge in [-0.15, -0.1) is 11.8 Å². The number of hydrogen-bond donors (Lipinski definition) is 1. The Morgan fingerprint density at radius 2 is 2.18 bits per heavy atom. The second-order valence-corrected chi connectivity index (χ2v) is 6.59. The molecule has 0 saturated heterocycles. The Morgan fingerprint density at radius 1 is 1.41 bits per heavy atom. The van der Waals surface area contributed by atoms with Gasteiger partial charge in [-0.2, -0.15) is 0 Å². The monoisotopic (exact) mass is 251 g/mol. The van der Waals surface area contributed by atoms with Crippen molar-refractivity contribution >= 4 is 11.8 Å². The van der Waals surface area contributed by atoms with Gasteiger partial charge >= 0.3 is 0 Å². The van der Waals surface area contributed by atoms with Gasteiger partial charge in [-0.3, -0.25) is 0 Å². The predicted molar refractivity (Wildman–Crippen MR) is 73.7 cm³/mol. The minimum Gasteiger partial charge on any atom is -0.383 e. The number of thioether (sulfide) groups is 1. The Bertz CT molecular complexity index is 353. The van der Waals surface area contributed by atoms with Gasteiger partial charge in [-0.25, -0.2) is 0 Å². The molecule has 1 atom stereocenters. The summed E-state index contributed by atoms with van der Waals surface area (Å²) in [6, 6.07) is 8.71. The second kappa shape index (κ2) is 5.42. The molecule has 1 heterocycles. The Morgan fingerprint density at radius 3 is 2.88 bits per heavy atom. The Labute approximate surface area is 108 Å². The van der Waals surface area contributed by atoms with E-state index in [1.807, 2.05) is 11.8 Å². The molecule has 0 aliphatic carbocycles. The third-order valence-corrected chi connectivity index (χ3v) is 4.35. The molecule has 17 heavy (non-hydrogen) atoms. The average molecular weight is 251 g/mol. The van der Waals surface area contributed by atoms with Crippen LogP contribution in [0.25, 0.3) is 0 Å². The third kappa shape index (κ3) is 3.47. The van der Waals surface area contributed by atoms with Gasteiger partial charge in [0.25, 0.3) is 0 Å². The molecule has 1 unspecified atom stereocenters. The van der Waals surface area contributed by atoms with Gasteiger partial charge < -0.3 is 10.1 Å². The van der Waals surface area contributed by atoms with Crippen molar-refractivity contribution in [1.29, 1.82) is 0 Å². The van der Waals surface area contributed by atoms with Crippen LogP contribution in [0, 0.1) is 0 Å². The highest BCUT2D eigenvalue weighted by Gasteiger charge is 2.24. The molecule has 1 aliphatic heterocycles. The van der Waals surface area contributed by atoms with Gasteiger partial charge in [-0.1, -0.05) is 18.2 Å². The summed E-state index contributed by atoms with van der Waals surface area (Å²) >= 11 is 1.99. The molecule has 0 spiro atoms. The molecule has 0 bridgehead atoms. The standard InChI is InChI=1S/C14H21NOS/c1-14(2,10-16-3)15-9-12-8-11-6-4-5-7-13(11)17-12/h4-7,12,15H,8-10H2,1-3H3. The molecule has 1 aromatic carbocycles. The molecule has 0 aromatic heterocycles. The van der Waals surface area contributed by atoms with Crippen molar-refractivity contribution in [3.63, 3.8) is 0 Å². The maximum absolute atomic E-state index is 5.21. The quantitative estimate of drug-likeness (QED) is 0.869. The van der Waals surface area contributed by atoms with Crippen LogP contribution in [0.5, 0.6) is 0 Å². The number of hydrogen-bond acceptors (Lipinski definition) is 3. The Kier molecular flexibility index (Phi) is 4.13. The molecular formula is C14H21NOS. The highest BCUT2D eigenvalue weighted by Crippen LogP contribution is 2.36. The van der Waals surface area contributed by atoms with Crippen molar-refractivity contribution in [2.24, 2.45) is 0 Å². The summed E-state index contributed by atoms with van der Waals surface area (Å²) in [5, 5.41) is 4.25. The summed E-state index contributed by atoms with van der Waals surface area (Å²) in [4.78, 5) is 1.45. The zero-order chi connectivity index (χ0) is 12.3. The summed E-state index contributed by atoms with van der Waals surface area (Å²) < 4.78 is 5.21. The minimum atomic E-state index is 0.0596. The van der Waals surface area contributed by atoms with Gasteiger partial charge in [0, 0.05) is 29.3 Å². The molecule has 1 aromatic rings. The first-order valence-electron chi connectivity index (χ1n) is 6.09. The fourth-order valence-corrected chi connectivity index (χ4v) is 3.42. The van der Waals surface area contributed by atoms with Gasteiger partial charge in [0.05, 0.1) is 6.61 Å². The number of rotatable bonds is 5. The summed E-state index contributed by atoms with van der Waals surface area (Å²) in [6.07, 6.45) is 1.18. The van der Waals surface area contributed by atoms with E-state index in [1.165, 1.54) is 16.9 Å². The van der Waals surface area contributed by atoms with E-state index in [9.17, 15) is 0 Å². The van der Waals surface area contributed by atoms with E-state index in [1.54, 1.807) is 7.11 Å². The van der Waals surface area contributed by atoms with Crippen molar-refractivity contribution in [3.05, 3.63) is 29.8 Å². The van der Waals surface area contributed by atoms with Gasteiger partial charge in [0.2, 0.25) is 0 Å². The van der Waals surface area contributed by atoms with E-state index in [0.29, 0.717) is 5.25 Å². The van der Waals surface area contributed by atoms with Crippen LogP contribution in [0.1, 0.15) is 19.4 Å². The first-order chi connectivity index (χ1) is 8.11. The van der Waals surface area contributed by atoms with Crippen molar-refractivity contribution in [3.8, 4) is 0 Å². The van der Waals surface area contributed by atoms with E-state index < -0.39 is 0 Å². The van der Waals surface area contributed by atoms with Crippen LogP contribution in [-0.2, 0) is 11.2 Å².